The van der Waals surface area contributed by atoms with Crippen LogP contribution in [0.25, 0.3) is 0 Å². The Morgan fingerprint density at radius 1 is 1.21 bits per heavy atom. The van der Waals surface area contributed by atoms with Crippen LogP contribution < -0.4 is 0 Å². The maximum absolute atomic E-state index is 9.40. The van der Waals surface area contributed by atoms with E-state index in [1.54, 1.807) is 0 Å². The lowest BCUT2D eigenvalue weighted by molar-refractivity contribution is 0.0938. The molecule has 2 rings (SSSR count). The number of hydrogen-bond donors (Lipinski definition) is 1. The molecule has 0 amide bonds. The lowest BCUT2D eigenvalue weighted by Gasteiger charge is -2.33. The van der Waals surface area contributed by atoms with Crippen molar-refractivity contribution in [3.05, 3.63) is 0 Å². The first kappa shape index (κ1) is 10.8. The quantitative estimate of drug-likeness (QED) is 0.759. The van der Waals surface area contributed by atoms with E-state index in [0.717, 1.165) is 6.04 Å². The summed E-state index contributed by atoms with van der Waals surface area (Å²) in [5, 5.41) is 9.40. The summed E-state index contributed by atoms with van der Waals surface area (Å²) < 4.78 is 0. The highest BCUT2D eigenvalue weighted by Gasteiger charge is 2.29. The van der Waals surface area contributed by atoms with Crippen LogP contribution in [-0.4, -0.2) is 46.7 Å². The molecule has 82 valence electrons. The number of aliphatic hydroxyl groups excluding tert-OH is 1. The summed E-state index contributed by atoms with van der Waals surface area (Å²) in [7, 11) is 0. The van der Waals surface area contributed by atoms with Crippen LogP contribution in [0.15, 0.2) is 0 Å². The first-order valence-corrected chi connectivity index (χ1v) is 7.01. The van der Waals surface area contributed by atoms with Crippen molar-refractivity contribution in [3.8, 4) is 0 Å². The Morgan fingerprint density at radius 3 is 2.86 bits per heavy atom. The summed E-state index contributed by atoms with van der Waals surface area (Å²) in [5.41, 5.74) is 0. The molecule has 14 heavy (non-hydrogen) atoms. The summed E-state index contributed by atoms with van der Waals surface area (Å²) in [6.07, 6.45) is 6.53. The van der Waals surface area contributed by atoms with Crippen LogP contribution in [0.3, 0.4) is 0 Å². The van der Waals surface area contributed by atoms with Gasteiger partial charge in [-0.3, -0.25) is 4.90 Å². The summed E-state index contributed by atoms with van der Waals surface area (Å²) >= 11 is 2.07. The summed E-state index contributed by atoms with van der Waals surface area (Å²) in [4.78, 5) is 2.59. The van der Waals surface area contributed by atoms with E-state index in [1.165, 1.54) is 50.2 Å². The average Bonchev–Trinajstić information content (AvgIpc) is 2.63. The number of aliphatic hydroxyl groups is 1. The van der Waals surface area contributed by atoms with Gasteiger partial charge in [0, 0.05) is 17.8 Å². The zero-order valence-electron chi connectivity index (χ0n) is 8.82. The van der Waals surface area contributed by atoms with Crippen molar-refractivity contribution < 1.29 is 5.11 Å². The topological polar surface area (TPSA) is 23.5 Å². The molecule has 2 saturated heterocycles. The van der Waals surface area contributed by atoms with E-state index >= 15 is 0 Å². The predicted molar refractivity (Wildman–Crippen MR) is 61.8 cm³/mol. The summed E-state index contributed by atoms with van der Waals surface area (Å²) in [6, 6.07) is 1.22. The van der Waals surface area contributed by atoms with Gasteiger partial charge in [0.2, 0.25) is 0 Å². The van der Waals surface area contributed by atoms with Gasteiger partial charge in [0.15, 0.2) is 0 Å². The fourth-order valence-corrected chi connectivity index (χ4v) is 3.90. The van der Waals surface area contributed by atoms with Gasteiger partial charge < -0.3 is 5.11 Å². The summed E-state index contributed by atoms with van der Waals surface area (Å²) in [5.74, 6) is 2.61. The van der Waals surface area contributed by atoms with E-state index in [0.29, 0.717) is 12.6 Å². The lowest BCUT2D eigenvalue weighted by Crippen LogP contribution is -2.44. The van der Waals surface area contributed by atoms with Crippen LogP contribution in [-0.2, 0) is 0 Å². The van der Waals surface area contributed by atoms with Crippen molar-refractivity contribution in [1.29, 1.82) is 0 Å². The molecule has 1 N–H and O–H groups in total. The Morgan fingerprint density at radius 2 is 2.14 bits per heavy atom. The van der Waals surface area contributed by atoms with E-state index in [9.17, 15) is 5.11 Å². The van der Waals surface area contributed by atoms with Gasteiger partial charge in [-0.1, -0.05) is 12.8 Å². The molecular formula is C11H21NOS. The Balaban J connectivity index is 1.96. The molecule has 2 atom stereocenters. The highest BCUT2D eigenvalue weighted by Crippen LogP contribution is 2.27. The van der Waals surface area contributed by atoms with E-state index in [4.69, 9.17) is 0 Å². The van der Waals surface area contributed by atoms with Crippen molar-refractivity contribution in [2.45, 2.75) is 44.2 Å². The van der Waals surface area contributed by atoms with Gasteiger partial charge in [-0.05, 0) is 31.6 Å². The fraction of sp³-hybridized carbons (Fsp3) is 1.00. The molecule has 0 spiro atoms. The monoisotopic (exact) mass is 215 g/mol. The molecule has 0 aromatic heterocycles. The van der Waals surface area contributed by atoms with Crippen molar-refractivity contribution in [3.63, 3.8) is 0 Å². The molecule has 2 nitrogen and oxygen atoms in total. The van der Waals surface area contributed by atoms with Crippen molar-refractivity contribution in [1.82, 2.24) is 4.90 Å². The van der Waals surface area contributed by atoms with Crippen LogP contribution in [0.4, 0.5) is 0 Å². The Bertz CT molecular complexity index is 171. The number of thioether (sulfide) groups is 1. The third kappa shape index (κ3) is 2.44. The first-order valence-electron chi connectivity index (χ1n) is 5.86. The number of hydrogen-bond acceptors (Lipinski definition) is 3. The maximum Gasteiger partial charge on any atom is 0.0586 e. The summed E-state index contributed by atoms with van der Waals surface area (Å²) in [6.45, 7) is 1.58. The zero-order valence-corrected chi connectivity index (χ0v) is 9.64. The largest absolute Gasteiger partial charge is 0.395 e. The average molecular weight is 215 g/mol. The molecule has 0 aliphatic carbocycles. The molecule has 2 heterocycles. The molecule has 2 aliphatic heterocycles. The zero-order chi connectivity index (χ0) is 9.80. The van der Waals surface area contributed by atoms with Crippen molar-refractivity contribution in [2.75, 3.05) is 24.7 Å². The predicted octanol–water partition coefficient (Wildman–Crippen LogP) is 1.73. The van der Waals surface area contributed by atoms with Crippen LogP contribution in [0.2, 0.25) is 0 Å². The van der Waals surface area contributed by atoms with Gasteiger partial charge in [0.1, 0.15) is 0 Å². The van der Waals surface area contributed by atoms with Crippen LogP contribution >= 0.6 is 11.8 Å². The minimum atomic E-state index is 0.362. The van der Waals surface area contributed by atoms with Crippen molar-refractivity contribution >= 4 is 11.8 Å². The molecule has 0 bridgehead atoms. The van der Waals surface area contributed by atoms with Gasteiger partial charge in [-0.2, -0.15) is 11.8 Å². The minimum absolute atomic E-state index is 0.362. The van der Waals surface area contributed by atoms with Crippen molar-refractivity contribution in [2.24, 2.45) is 0 Å². The number of rotatable bonds is 2. The second-order valence-electron chi connectivity index (χ2n) is 4.44. The molecule has 2 fully saturated rings. The van der Waals surface area contributed by atoms with Gasteiger partial charge >= 0.3 is 0 Å². The Hall–Kier alpha value is 0.270. The van der Waals surface area contributed by atoms with Crippen LogP contribution in [0.5, 0.6) is 0 Å². The van der Waals surface area contributed by atoms with Crippen LogP contribution in [0, 0.1) is 0 Å². The molecule has 3 heteroatoms. The van der Waals surface area contributed by atoms with Crippen LogP contribution in [0.1, 0.15) is 32.1 Å². The molecule has 0 aromatic carbocycles. The van der Waals surface area contributed by atoms with Gasteiger partial charge in [-0.15, -0.1) is 0 Å². The molecule has 0 aromatic rings. The van der Waals surface area contributed by atoms with E-state index in [1.807, 2.05) is 0 Å². The number of likely N-dealkylation sites (tertiary alicyclic amines) is 1. The SMILES string of the molecule is OCC1CCCCCN1C1CCSC1. The smallest absolute Gasteiger partial charge is 0.0586 e. The highest BCUT2D eigenvalue weighted by atomic mass is 32.2. The maximum atomic E-state index is 9.40. The lowest BCUT2D eigenvalue weighted by atomic mass is 10.1. The molecule has 0 saturated carbocycles. The highest BCUT2D eigenvalue weighted by molar-refractivity contribution is 7.99. The fourth-order valence-electron chi connectivity index (χ4n) is 2.66. The normalized spacial score (nSPS) is 35.8. The van der Waals surface area contributed by atoms with E-state index < -0.39 is 0 Å². The Labute approximate surface area is 91.1 Å². The first-order chi connectivity index (χ1) is 6.92. The second kappa shape index (κ2) is 5.38. The van der Waals surface area contributed by atoms with Gasteiger partial charge in [0.05, 0.1) is 6.61 Å². The second-order valence-corrected chi connectivity index (χ2v) is 5.59. The third-order valence-corrected chi connectivity index (χ3v) is 4.65. The Kier molecular flexibility index (Phi) is 4.14. The molecular weight excluding hydrogens is 194 g/mol. The van der Waals surface area contributed by atoms with E-state index in [-0.39, 0.29) is 0 Å². The number of nitrogens with zero attached hydrogens (tertiary/aromatic N) is 1. The standard InChI is InChI=1S/C11H21NOS/c13-8-10-4-2-1-3-6-12(10)11-5-7-14-9-11/h10-11,13H,1-9H2. The van der Waals surface area contributed by atoms with E-state index in [2.05, 4.69) is 16.7 Å². The molecule has 2 aliphatic rings. The minimum Gasteiger partial charge on any atom is -0.395 e. The van der Waals surface area contributed by atoms with Gasteiger partial charge in [-0.25, -0.2) is 0 Å². The molecule has 0 radical (unpaired) electrons. The third-order valence-electron chi connectivity index (χ3n) is 3.51. The molecule has 2 unspecified atom stereocenters. The van der Waals surface area contributed by atoms with Gasteiger partial charge in [0.25, 0.3) is 0 Å².